The molecule has 0 saturated heterocycles. The van der Waals surface area contributed by atoms with Crippen LogP contribution in [0.1, 0.15) is 62.2 Å². The Hall–Kier alpha value is -2.04. The standard InChI is InChI=1S/C21H29N3O2/c1-14-20(25)23(3)18-12-9-15(13-19(18)24(14)17-10-11-17)21(26)22(2)16-7-5-4-6-8-16/h9,12-14,16-17H,4-8,10-11H2,1-3H3. The van der Waals surface area contributed by atoms with E-state index in [2.05, 4.69) is 4.90 Å². The monoisotopic (exact) mass is 355 g/mol. The second-order valence-corrected chi connectivity index (χ2v) is 8.12. The van der Waals surface area contributed by atoms with Gasteiger partial charge in [-0.3, -0.25) is 9.59 Å². The van der Waals surface area contributed by atoms with E-state index < -0.39 is 0 Å². The van der Waals surface area contributed by atoms with E-state index in [1.54, 1.807) is 4.90 Å². The van der Waals surface area contributed by atoms with Gasteiger partial charge < -0.3 is 14.7 Å². The van der Waals surface area contributed by atoms with Gasteiger partial charge in [-0.2, -0.15) is 0 Å². The summed E-state index contributed by atoms with van der Waals surface area (Å²) in [6.45, 7) is 1.97. The maximum absolute atomic E-state index is 13.1. The minimum Gasteiger partial charge on any atom is -0.355 e. The van der Waals surface area contributed by atoms with Gasteiger partial charge in [0.05, 0.1) is 11.4 Å². The highest BCUT2D eigenvalue weighted by Gasteiger charge is 2.41. The summed E-state index contributed by atoms with van der Waals surface area (Å²) < 4.78 is 0. The second kappa shape index (κ2) is 6.60. The molecular weight excluding hydrogens is 326 g/mol. The molecule has 2 amide bonds. The molecule has 0 radical (unpaired) electrons. The minimum atomic E-state index is -0.165. The number of carbonyl (C=O) groups excluding carboxylic acids is 2. The van der Waals surface area contributed by atoms with Crippen LogP contribution >= 0.6 is 0 Å². The highest BCUT2D eigenvalue weighted by atomic mass is 16.2. The Morgan fingerprint density at radius 2 is 1.77 bits per heavy atom. The molecule has 26 heavy (non-hydrogen) atoms. The normalized spacial score (nSPS) is 23.8. The van der Waals surface area contributed by atoms with Crippen LogP contribution in [0.25, 0.3) is 0 Å². The number of carbonyl (C=O) groups is 2. The number of likely N-dealkylation sites (N-methyl/N-ethyl adjacent to an activating group) is 1. The Kier molecular flexibility index (Phi) is 4.41. The van der Waals surface area contributed by atoms with Gasteiger partial charge in [0.15, 0.2) is 0 Å². The van der Waals surface area contributed by atoms with E-state index >= 15 is 0 Å². The fourth-order valence-corrected chi connectivity index (χ4v) is 4.58. The van der Waals surface area contributed by atoms with Crippen molar-refractivity contribution >= 4 is 23.2 Å². The van der Waals surface area contributed by atoms with Gasteiger partial charge in [0.25, 0.3) is 5.91 Å². The van der Waals surface area contributed by atoms with Crippen LogP contribution in [-0.2, 0) is 4.79 Å². The summed E-state index contributed by atoms with van der Waals surface area (Å²) in [5.41, 5.74) is 2.68. The van der Waals surface area contributed by atoms with Crippen molar-refractivity contribution in [1.82, 2.24) is 4.90 Å². The molecule has 0 bridgehead atoms. The van der Waals surface area contributed by atoms with Crippen molar-refractivity contribution in [3.63, 3.8) is 0 Å². The molecule has 1 aromatic rings. The smallest absolute Gasteiger partial charge is 0.253 e. The zero-order chi connectivity index (χ0) is 18.4. The molecule has 0 N–H and O–H groups in total. The molecule has 2 aliphatic carbocycles. The van der Waals surface area contributed by atoms with Gasteiger partial charge in [0, 0.05) is 31.7 Å². The molecule has 5 nitrogen and oxygen atoms in total. The lowest BCUT2D eigenvalue weighted by Crippen LogP contribution is -2.51. The maximum Gasteiger partial charge on any atom is 0.253 e. The van der Waals surface area contributed by atoms with E-state index in [9.17, 15) is 9.59 Å². The van der Waals surface area contributed by atoms with E-state index in [-0.39, 0.29) is 17.9 Å². The highest BCUT2D eigenvalue weighted by molar-refractivity contribution is 6.06. The van der Waals surface area contributed by atoms with Crippen LogP contribution in [0, 0.1) is 0 Å². The Morgan fingerprint density at radius 3 is 2.42 bits per heavy atom. The van der Waals surface area contributed by atoms with Crippen LogP contribution in [0.2, 0.25) is 0 Å². The third-order valence-corrected chi connectivity index (χ3v) is 6.35. The fourth-order valence-electron chi connectivity index (χ4n) is 4.58. The van der Waals surface area contributed by atoms with Crippen molar-refractivity contribution in [2.75, 3.05) is 23.9 Å². The van der Waals surface area contributed by atoms with Crippen molar-refractivity contribution in [1.29, 1.82) is 0 Å². The Labute approximate surface area is 155 Å². The van der Waals surface area contributed by atoms with Gasteiger partial charge in [0.2, 0.25) is 5.91 Å². The van der Waals surface area contributed by atoms with Crippen molar-refractivity contribution in [3.8, 4) is 0 Å². The predicted molar refractivity (Wildman–Crippen MR) is 104 cm³/mol. The average molecular weight is 355 g/mol. The topological polar surface area (TPSA) is 43.9 Å². The largest absolute Gasteiger partial charge is 0.355 e. The highest BCUT2D eigenvalue weighted by Crippen LogP contribution is 2.42. The molecule has 3 aliphatic rings. The van der Waals surface area contributed by atoms with Crippen LogP contribution in [0.4, 0.5) is 11.4 Å². The molecule has 2 saturated carbocycles. The summed E-state index contributed by atoms with van der Waals surface area (Å²) in [5, 5.41) is 0. The van der Waals surface area contributed by atoms with Crippen molar-refractivity contribution in [2.45, 2.75) is 70.0 Å². The molecule has 2 fully saturated rings. The summed E-state index contributed by atoms with van der Waals surface area (Å²) in [7, 11) is 3.77. The zero-order valence-corrected chi connectivity index (χ0v) is 16.1. The maximum atomic E-state index is 13.1. The molecule has 0 aromatic heterocycles. The molecule has 1 aromatic carbocycles. The molecule has 1 unspecified atom stereocenters. The van der Waals surface area contributed by atoms with Crippen molar-refractivity contribution < 1.29 is 9.59 Å². The molecule has 0 spiro atoms. The summed E-state index contributed by atoms with van der Waals surface area (Å²) in [5.74, 6) is 0.227. The summed E-state index contributed by atoms with van der Waals surface area (Å²) in [6, 6.07) is 6.45. The third-order valence-electron chi connectivity index (χ3n) is 6.35. The number of fused-ring (bicyclic) bond motifs is 1. The van der Waals surface area contributed by atoms with Crippen molar-refractivity contribution in [3.05, 3.63) is 23.8 Å². The van der Waals surface area contributed by atoms with Gasteiger partial charge in [0.1, 0.15) is 6.04 Å². The summed E-state index contributed by atoms with van der Waals surface area (Å²) in [4.78, 5) is 31.5. The van der Waals surface area contributed by atoms with Gasteiger partial charge in [-0.1, -0.05) is 19.3 Å². The van der Waals surface area contributed by atoms with Gasteiger partial charge in [-0.05, 0) is 50.8 Å². The van der Waals surface area contributed by atoms with E-state index in [0.717, 1.165) is 42.6 Å². The number of benzene rings is 1. The molecule has 5 heteroatoms. The number of anilines is 2. The third kappa shape index (κ3) is 2.87. The van der Waals surface area contributed by atoms with Crippen molar-refractivity contribution in [2.24, 2.45) is 0 Å². The van der Waals surface area contributed by atoms with E-state index in [0.29, 0.717) is 12.1 Å². The van der Waals surface area contributed by atoms with Crippen LogP contribution in [0.15, 0.2) is 18.2 Å². The lowest BCUT2D eigenvalue weighted by molar-refractivity contribution is -0.119. The van der Waals surface area contributed by atoms with Crippen LogP contribution in [0.5, 0.6) is 0 Å². The first-order valence-corrected chi connectivity index (χ1v) is 9.96. The summed E-state index contributed by atoms with van der Waals surface area (Å²) in [6.07, 6.45) is 8.18. The molecule has 1 atom stereocenters. The molecule has 1 heterocycles. The van der Waals surface area contributed by atoms with Gasteiger partial charge in [-0.15, -0.1) is 0 Å². The Bertz CT molecular complexity index is 722. The van der Waals surface area contributed by atoms with Crippen LogP contribution < -0.4 is 9.80 Å². The Morgan fingerprint density at radius 1 is 1.08 bits per heavy atom. The predicted octanol–water partition coefficient (Wildman–Crippen LogP) is 3.43. The molecular formula is C21H29N3O2. The summed E-state index contributed by atoms with van der Waals surface area (Å²) >= 11 is 0. The number of amides is 2. The van der Waals surface area contributed by atoms with E-state index in [1.807, 2.05) is 44.1 Å². The first-order valence-electron chi connectivity index (χ1n) is 9.96. The first kappa shape index (κ1) is 17.4. The molecule has 1 aliphatic heterocycles. The minimum absolute atomic E-state index is 0.0997. The van der Waals surface area contributed by atoms with Crippen LogP contribution in [0.3, 0.4) is 0 Å². The first-order chi connectivity index (χ1) is 12.5. The van der Waals surface area contributed by atoms with Gasteiger partial charge in [-0.25, -0.2) is 0 Å². The van der Waals surface area contributed by atoms with E-state index in [4.69, 9.17) is 0 Å². The second-order valence-electron chi connectivity index (χ2n) is 8.12. The number of nitrogens with zero attached hydrogens (tertiary/aromatic N) is 3. The SMILES string of the molecule is CC1C(=O)N(C)c2ccc(C(=O)N(C)C3CCCCC3)cc2N1C1CC1. The quantitative estimate of drug-likeness (QED) is 0.834. The fraction of sp³-hybridized carbons (Fsp3) is 0.619. The lowest BCUT2D eigenvalue weighted by atomic mass is 9.94. The number of hydrogen-bond donors (Lipinski definition) is 0. The molecule has 4 rings (SSSR count). The number of rotatable bonds is 3. The zero-order valence-electron chi connectivity index (χ0n) is 16.1. The molecule has 140 valence electrons. The van der Waals surface area contributed by atoms with Crippen LogP contribution in [-0.4, -0.2) is 48.9 Å². The lowest BCUT2D eigenvalue weighted by Gasteiger charge is -2.41. The Balaban J connectivity index is 1.65. The number of hydrogen-bond acceptors (Lipinski definition) is 3. The average Bonchev–Trinajstić information content (AvgIpc) is 3.50. The van der Waals surface area contributed by atoms with Gasteiger partial charge >= 0.3 is 0 Å². The van der Waals surface area contributed by atoms with E-state index in [1.165, 1.54) is 19.3 Å².